The predicted octanol–water partition coefficient (Wildman–Crippen LogP) is 0.879. The number of carbonyl (C=O) groups is 1. The summed E-state index contributed by atoms with van der Waals surface area (Å²) in [6.07, 6.45) is 3.39. The third kappa shape index (κ3) is 2.34. The van der Waals surface area contributed by atoms with E-state index in [9.17, 15) is 4.79 Å². The lowest BCUT2D eigenvalue weighted by molar-refractivity contribution is 0.0950. The van der Waals surface area contributed by atoms with Crippen molar-refractivity contribution in [1.82, 2.24) is 15.1 Å². The van der Waals surface area contributed by atoms with E-state index in [4.69, 9.17) is 0 Å². The quantitative estimate of drug-likeness (QED) is 0.750. The molecule has 1 aliphatic rings. The van der Waals surface area contributed by atoms with Crippen molar-refractivity contribution in [1.29, 1.82) is 0 Å². The minimum atomic E-state index is -0.0917. The third-order valence-corrected chi connectivity index (χ3v) is 2.77. The number of rotatable bonds is 3. The SMILES string of the molecule is O=C(NCCS)c1cc2n(n1)CCCC2. The van der Waals surface area contributed by atoms with E-state index in [1.54, 1.807) is 0 Å². The zero-order valence-corrected chi connectivity index (χ0v) is 9.46. The van der Waals surface area contributed by atoms with Crippen molar-refractivity contribution in [3.05, 3.63) is 17.5 Å². The van der Waals surface area contributed by atoms with Gasteiger partial charge in [-0.05, 0) is 25.3 Å². The lowest BCUT2D eigenvalue weighted by Crippen LogP contribution is -2.25. The first-order valence-electron chi connectivity index (χ1n) is 5.27. The molecule has 0 bridgehead atoms. The van der Waals surface area contributed by atoms with Gasteiger partial charge in [0.2, 0.25) is 0 Å². The zero-order valence-electron chi connectivity index (χ0n) is 8.57. The van der Waals surface area contributed by atoms with E-state index in [0.717, 1.165) is 19.4 Å². The lowest BCUT2D eigenvalue weighted by atomic mass is 10.1. The molecule has 1 aliphatic heterocycles. The number of amides is 1. The molecule has 0 aliphatic carbocycles. The molecule has 0 fully saturated rings. The molecule has 0 saturated heterocycles. The summed E-state index contributed by atoms with van der Waals surface area (Å²) in [5.41, 5.74) is 1.71. The first kappa shape index (κ1) is 10.5. The Kier molecular flexibility index (Phi) is 3.30. The normalized spacial score (nSPS) is 14.7. The van der Waals surface area contributed by atoms with Crippen LogP contribution in [0.2, 0.25) is 0 Å². The van der Waals surface area contributed by atoms with Crippen LogP contribution < -0.4 is 5.32 Å². The molecule has 1 amide bonds. The molecule has 0 saturated carbocycles. The van der Waals surface area contributed by atoms with Crippen molar-refractivity contribution in [2.24, 2.45) is 0 Å². The van der Waals surface area contributed by atoms with Gasteiger partial charge in [-0.25, -0.2) is 0 Å². The Bertz CT molecular complexity index is 338. The Morgan fingerprint density at radius 1 is 1.60 bits per heavy atom. The molecule has 0 aromatic carbocycles. The molecule has 15 heavy (non-hydrogen) atoms. The summed E-state index contributed by atoms with van der Waals surface area (Å²) in [4.78, 5) is 11.6. The second kappa shape index (κ2) is 4.70. The molecule has 2 heterocycles. The van der Waals surface area contributed by atoms with E-state index in [0.29, 0.717) is 18.0 Å². The van der Waals surface area contributed by atoms with E-state index in [1.165, 1.54) is 12.1 Å². The number of nitrogens with zero attached hydrogens (tertiary/aromatic N) is 2. The van der Waals surface area contributed by atoms with Gasteiger partial charge in [0, 0.05) is 24.5 Å². The Morgan fingerprint density at radius 3 is 3.20 bits per heavy atom. The second-order valence-corrected chi connectivity index (χ2v) is 4.13. The molecule has 1 aromatic heterocycles. The summed E-state index contributed by atoms with van der Waals surface area (Å²) in [5.74, 6) is 0.560. The van der Waals surface area contributed by atoms with Crippen LogP contribution in [0.4, 0.5) is 0 Å². The van der Waals surface area contributed by atoms with Gasteiger partial charge >= 0.3 is 0 Å². The summed E-state index contributed by atoms with van der Waals surface area (Å²) in [6, 6.07) is 1.90. The van der Waals surface area contributed by atoms with E-state index < -0.39 is 0 Å². The number of fused-ring (bicyclic) bond motifs is 1. The number of aryl methyl sites for hydroxylation is 2. The maximum atomic E-state index is 11.6. The largest absolute Gasteiger partial charge is 0.350 e. The first-order chi connectivity index (χ1) is 7.31. The van der Waals surface area contributed by atoms with Gasteiger partial charge in [0.05, 0.1) is 0 Å². The van der Waals surface area contributed by atoms with Gasteiger partial charge in [0.25, 0.3) is 5.91 Å². The summed E-state index contributed by atoms with van der Waals surface area (Å²) < 4.78 is 1.94. The Morgan fingerprint density at radius 2 is 2.47 bits per heavy atom. The number of thiol groups is 1. The van der Waals surface area contributed by atoms with Gasteiger partial charge in [0.1, 0.15) is 5.69 Å². The molecular weight excluding hydrogens is 210 g/mol. The number of aromatic nitrogens is 2. The average Bonchev–Trinajstić information content (AvgIpc) is 2.69. The second-order valence-electron chi connectivity index (χ2n) is 3.68. The van der Waals surface area contributed by atoms with Gasteiger partial charge in [0.15, 0.2) is 0 Å². The van der Waals surface area contributed by atoms with Gasteiger partial charge in [-0.15, -0.1) is 0 Å². The summed E-state index contributed by atoms with van der Waals surface area (Å²) >= 11 is 4.04. The summed E-state index contributed by atoms with van der Waals surface area (Å²) in [7, 11) is 0. The Labute approximate surface area is 94.5 Å². The fourth-order valence-corrected chi connectivity index (χ4v) is 1.90. The highest BCUT2D eigenvalue weighted by molar-refractivity contribution is 7.80. The summed E-state index contributed by atoms with van der Waals surface area (Å²) in [6.45, 7) is 1.53. The molecule has 82 valence electrons. The molecule has 0 unspecified atom stereocenters. The van der Waals surface area contributed by atoms with Crippen LogP contribution in [0.3, 0.4) is 0 Å². The molecule has 0 spiro atoms. The zero-order chi connectivity index (χ0) is 10.7. The van der Waals surface area contributed by atoms with Crippen LogP contribution >= 0.6 is 12.6 Å². The number of carbonyl (C=O) groups excluding carboxylic acids is 1. The molecule has 1 N–H and O–H groups in total. The molecule has 1 aromatic rings. The van der Waals surface area contributed by atoms with Crippen LogP contribution in [0.1, 0.15) is 29.0 Å². The van der Waals surface area contributed by atoms with E-state index in [1.807, 2.05) is 10.7 Å². The fourth-order valence-electron chi connectivity index (χ4n) is 1.79. The van der Waals surface area contributed by atoms with Crippen molar-refractivity contribution < 1.29 is 4.79 Å². The molecule has 2 rings (SSSR count). The van der Waals surface area contributed by atoms with Gasteiger partial charge < -0.3 is 5.32 Å². The van der Waals surface area contributed by atoms with Crippen LogP contribution in [0.15, 0.2) is 6.07 Å². The van der Waals surface area contributed by atoms with Crippen LogP contribution in [0.5, 0.6) is 0 Å². The highest BCUT2D eigenvalue weighted by atomic mass is 32.1. The number of nitrogens with one attached hydrogen (secondary N) is 1. The fraction of sp³-hybridized carbons (Fsp3) is 0.600. The van der Waals surface area contributed by atoms with Gasteiger partial charge in [-0.2, -0.15) is 17.7 Å². The Hall–Kier alpha value is -0.970. The minimum Gasteiger partial charge on any atom is -0.350 e. The van der Waals surface area contributed by atoms with Crippen molar-refractivity contribution in [3.63, 3.8) is 0 Å². The van der Waals surface area contributed by atoms with Gasteiger partial charge in [-0.1, -0.05) is 0 Å². The smallest absolute Gasteiger partial charge is 0.271 e. The number of hydrogen-bond acceptors (Lipinski definition) is 3. The predicted molar refractivity (Wildman–Crippen MR) is 61.4 cm³/mol. The standard InChI is InChI=1S/C10H15N3OS/c14-10(11-4-6-15)9-7-8-3-1-2-5-13(8)12-9/h7,15H,1-6H2,(H,11,14). The van der Waals surface area contributed by atoms with Crippen LogP contribution in [0.25, 0.3) is 0 Å². The maximum Gasteiger partial charge on any atom is 0.271 e. The topological polar surface area (TPSA) is 46.9 Å². The highest BCUT2D eigenvalue weighted by Crippen LogP contribution is 2.14. The number of hydrogen-bond donors (Lipinski definition) is 2. The van der Waals surface area contributed by atoms with Crippen molar-refractivity contribution in [2.45, 2.75) is 25.8 Å². The molecule has 5 heteroatoms. The van der Waals surface area contributed by atoms with Crippen LogP contribution in [0, 0.1) is 0 Å². The average molecular weight is 225 g/mol. The molecule has 0 radical (unpaired) electrons. The lowest BCUT2D eigenvalue weighted by Gasteiger charge is -2.11. The maximum absolute atomic E-state index is 11.6. The Balaban J connectivity index is 2.08. The van der Waals surface area contributed by atoms with Crippen molar-refractivity contribution in [3.8, 4) is 0 Å². The third-order valence-electron chi connectivity index (χ3n) is 2.55. The van der Waals surface area contributed by atoms with Crippen molar-refractivity contribution >= 4 is 18.5 Å². The van der Waals surface area contributed by atoms with Crippen LogP contribution in [-0.2, 0) is 13.0 Å². The summed E-state index contributed by atoms with van der Waals surface area (Å²) in [5, 5.41) is 7.05. The monoisotopic (exact) mass is 225 g/mol. The van der Waals surface area contributed by atoms with E-state index >= 15 is 0 Å². The first-order valence-corrected chi connectivity index (χ1v) is 5.90. The van der Waals surface area contributed by atoms with Gasteiger partial charge in [-0.3, -0.25) is 9.48 Å². The van der Waals surface area contributed by atoms with Crippen molar-refractivity contribution in [2.75, 3.05) is 12.3 Å². The minimum absolute atomic E-state index is 0.0917. The molecular formula is C10H15N3OS. The molecule has 0 atom stereocenters. The molecule has 4 nitrogen and oxygen atoms in total. The van der Waals surface area contributed by atoms with Crippen LogP contribution in [-0.4, -0.2) is 28.0 Å². The van der Waals surface area contributed by atoms with E-state index in [2.05, 4.69) is 23.0 Å². The highest BCUT2D eigenvalue weighted by Gasteiger charge is 2.15. The van der Waals surface area contributed by atoms with E-state index in [-0.39, 0.29) is 5.91 Å².